The second-order valence-electron chi connectivity index (χ2n) is 6.14. The van der Waals surface area contributed by atoms with E-state index in [0.29, 0.717) is 11.3 Å². The molecule has 1 amide bonds. The van der Waals surface area contributed by atoms with E-state index in [0.717, 1.165) is 16.7 Å². The number of rotatable bonds is 7. The zero-order valence-electron chi connectivity index (χ0n) is 15.6. The Bertz CT molecular complexity index is 936. The lowest BCUT2D eigenvalue weighted by Crippen LogP contribution is -2.30. The lowest BCUT2D eigenvalue weighted by molar-refractivity contribution is -0.143. The normalized spacial score (nSPS) is 10.2. The number of carbonyl (C=O) groups excluding carboxylic acids is 2. The van der Waals surface area contributed by atoms with Crippen molar-refractivity contribution in [3.63, 3.8) is 0 Å². The van der Waals surface area contributed by atoms with Crippen LogP contribution in [0.2, 0.25) is 0 Å². The van der Waals surface area contributed by atoms with Gasteiger partial charge in [-0.05, 0) is 41.0 Å². The second-order valence-corrected chi connectivity index (χ2v) is 6.14. The van der Waals surface area contributed by atoms with Crippen molar-refractivity contribution in [2.45, 2.75) is 6.61 Å². The molecule has 0 spiro atoms. The molecule has 28 heavy (non-hydrogen) atoms. The van der Waals surface area contributed by atoms with E-state index in [1.807, 2.05) is 60.7 Å². The van der Waals surface area contributed by atoms with Gasteiger partial charge in [0.2, 0.25) is 0 Å². The molecule has 0 radical (unpaired) electrons. The predicted octanol–water partition coefficient (Wildman–Crippen LogP) is 3.84. The van der Waals surface area contributed by atoms with Gasteiger partial charge in [0.15, 0.2) is 0 Å². The molecule has 0 unspecified atom stereocenters. The van der Waals surface area contributed by atoms with Crippen molar-refractivity contribution in [3.05, 3.63) is 90.0 Å². The van der Waals surface area contributed by atoms with Crippen molar-refractivity contribution in [1.29, 1.82) is 0 Å². The smallest absolute Gasteiger partial charge is 0.325 e. The van der Waals surface area contributed by atoms with E-state index in [1.54, 1.807) is 25.3 Å². The summed E-state index contributed by atoms with van der Waals surface area (Å²) in [5.41, 5.74) is 3.40. The highest BCUT2D eigenvalue weighted by molar-refractivity contribution is 5.96. The van der Waals surface area contributed by atoms with E-state index in [9.17, 15) is 9.59 Å². The molecule has 0 aliphatic heterocycles. The Kier molecular flexibility index (Phi) is 6.41. The molecule has 5 nitrogen and oxygen atoms in total. The minimum absolute atomic E-state index is 0.123. The molecule has 3 rings (SSSR count). The summed E-state index contributed by atoms with van der Waals surface area (Å²) in [4.78, 5) is 24.1. The SMILES string of the molecule is COc1cccc(COC(=O)CNC(=O)c2ccc(-c3ccccc3)cc2)c1. The molecule has 1 N–H and O–H groups in total. The molecule has 0 heterocycles. The first-order valence-electron chi connectivity index (χ1n) is 8.88. The van der Waals surface area contributed by atoms with Gasteiger partial charge >= 0.3 is 5.97 Å². The number of hydrogen-bond donors (Lipinski definition) is 1. The molecular weight excluding hydrogens is 354 g/mol. The first-order valence-corrected chi connectivity index (χ1v) is 8.88. The Balaban J connectivity index is 1.48. The van der Waals surface area contributed by atoms with E-state index in [4.69, 9.17) is 9.47 Å². The number of esters is 1. The number of ether oxygens (including phenoxy) is 2. The van der Waals surface area contributed by atoms with Crippen molar-refractivity contribution in [3.8, 4) is 16.9 Å². The molecule has 3 aromatic carbocycles. The van der Waals surface area contributed by atoms with Gasteiger partial charge in [-0.3, -0.25) is 9.59 Å². The number of methoxy groups -OCH3 is 1. The number of hydrogen-bond acceptors (Lipinski definition) is 4. The van der Waals surface area contributed by atoms with Crippen LogP contribution in [0.3, 0.4) is 0 Å². The van der Waals surface area contributed by atoms with Crippen molar-refractivity contribution >= 4 is 11.9 Å². The number of nitrogens with one attached hydrogen (secondary N) is 1. The molecule has 0 fully saturated rings. The van der Waals surface area contributed by atoms with Crippen LogP contribution in [0.15, 0.2) is 78.9 Å². The molecule has 0 atom stereocenters. The Hall–Kier alpha value is -3.60. The van der Waals surface area contributed by atoms with Gasteiger partial charge in [-0.1, -0.05) is 54.6 Å². The fraction of sp³-hybridized carbons (Fsp3) is 0.130. The molecule has 142 valence electrons. The van der Waals surface area contributed by atoms with Crippen LogP contribution < -0.4 is 10.1 Å². The molecular formula is C23H21NO4. The van der Waals surface area contributed by atoms with Gasteiger partial charge in [0, 0.05) is 5.56 Å². The highest BCUT2D eigenvalue weighted by Crippen LogP contribution is 2.19. The van der Waals surface area contributed by atoms with Crippen LogP contribution in [0, 0.1) is 0 Å². The summed E-state index contributed by atoms with van der Waals surface area (Å²) < 4.78 is 10.3. The topological polar surface area (TPSA) is 64.6 Å². The summed E-state index contributed by atoms with van der Waals surface area (Å²) in [6.45, 7) is -0.0685. The molecule has 0 saturated heterocycles. The van der Waals surface area contributed by atoms with E-state index in [1.165, 1.54) is 0 Å². The molecule has 3 aromatic rings. The first-order chi connectivity index (χ1) is 13.7. The Morgan fingerprint density at radius 2 is 1.57 bits per heavy atom. The zero-order valence-corrected chi connectivity index (χ0v) is 15.6. The van der Waals surface area contributed by atoms with Crippen LogP contribution in [0.25, 0.3) is 11.1 Å². The molecule has 5 heteroatoms. The van der Waals surface area contributed by atoms with Gasteiger partial charge in [0.1, 0.15) is 18.9 Å². The van der Waals surface area contributed by atoms with Crippen molar-refractivity contribution in [2.24, 2.45) is 0 Å². The molecule has 0 aromatic heterocycles. The number of amides is 1. The van der Waals surface area contributed by atoms with E-state index in [2.05, 4.69) is 5.32 Å². The first kappa shape index (κ1) is 19.2. The maximum absolute atomic E-state index is 12.2. The maximum Gasteiger partial charge on any atom is 0.325 e. The Labute approximate surface area is 163 Å². The second kappa shape index (κ2) is 9.37. The maximum atomic E-state index is 12.2. The number of benzene rings is 3. The van der Waals surface area contributed by atoms with Gasteiger partial charge in [-0.25, -0.2) is 0 Å². The largest absolute Gasteiger partial charge is 0.497 e. The minimum atomic E-state index is -0.503. The molecule has 0 aliphatic carbocycles. The minimum Gasteiger partial charge on any atom is -0.497 e. The Morgan fingerprint density at radius 1 is 0.857 bits per heavy atom. The van der Waals surface area contributed by atoms with Crippen molar-refractivity contribution in [1.82, 2.24) is 5.32 Å². The number of carbonyl (C=O) groups is 2. The van der Waals surface area contributed by atoms with Crippen LogP contribution in [-0.2, 0) is 16.1 Å². The van der Waals surface area contributed by atoms with Crippen LogP contribution in [0.4, 0.5) is 0 Å². The van der Waals surface area contributed by atoms with Crippen LogP contribution in [0.5, 0.6) is 5.75 Å². The fourth-order valence-corrected chi connectivity index (χ4v) is 2.68. The van der Waals surface area contributed by atoms with E-state index in [-0.39, 0.29) is 19.1 Å². The standard InChI is InChI=1S/C23H21NO4/c1-27-21-9-5-6-17(14-21)16-28-22(25)15-24-23(26)20-12-10-19(11-13-20)18-7-3-2-4-8-18/h2-14H,15-16H2,1H3,(H,24,26). The third-order valence-electron chi connectivity index (χ3n) is 4.18. The summed E-state index contributed by atoms with van der Waals surface area (Å²) in [5.74, 6) is -0.129. The highest BCUT2D eigenvalue weighted by Gasteiger charge is 2.10. The predicted molar refractivity (Wildman–Crippen MR) is 107 cm³/mol. The van der Waals surface area contributed by atoms with Gasteiger partial charge in [-0.15, -0.1) is 0 Å². The molecule has 0 aliphatic rings. The summed E-state index contributed by atoms with van der Waals surface area (Å²) in [6.07, 6.45) is 0. The van der Waals surface area contributed by atoms with E-state index < -0.39 is 5.97 Å². The van der Waals surface area contributed by atoms with Crippen molar-refractivity contribution in [2.75, 3.05) is 13.7 Å². The van der Waals surface area contributed by atoms with Gasteiger partial charge in [0.05, 0.1) is 7.11 Å². The monoisotopic (exact) mass is 375 g/mol. The van der Waals surface area contributed by atoms with Crippen LogP contribution >= 0.6 is 0 Å². The summed E-state index contributed by atoms with van der Waals surface area (Å²) in [6, 6.07) is 24.4. The molecule has 0 bridgehead atoms. The quantitative estimate of drug-likeness (QED) is 0.638. The average Bonchev–Trinajstić information content (AvgIpc) is 2.77. The van der Waals surface area contributed by atoms with Gasteiger partial charge in [0.25, 0.3) is 5.91 Å². The van der Waals surface area contributed by atoms with Gasteiger partial charge in [-0.2, -0.15) is 0 Å². The highest BCUT2D eigenvalue weighted by atomic mass is 16.5. The lowest BCUT2D eigenvalue weighted by atomic mass is 10.0. The van der Waals surface area contributed by atoms with E-state index >= 15 is 0 Å². The van der Waals surface area contributed by atoms with Crippen LogP contribution in [-0.4, -0.2) is 25.5 Å². The summed E-state index contributed by atoms with van der Waals surface area (Å²) in [5, 5.41) is 2.58. The van der Waals surface area contributed by atoms with Crippen molar-refractivity contribution < 1.29 is 19.1 Å². The Morgan fingerprint density at radius 3 is 2.29 bits per heavy atom. The summed E-state index contributed by atoms with van der Waals surface area (Å²) in [7, 11) is 1.58. The van der Waals surface area contributed by atoms with Crippen LogP contribution in [0.1, 0.15) is 15.9 Å². The average molecular weight is 375 g/mol. The molecule has 0 saturated carbocycles. The lowest BCUT2D eigenvalue weighted by Gasteiger charge is -2.08. The third-order valence-corrected chi connectivity index (χ3v) is 4.18. The zero-order chi connectivity index (χ0) is 19.8. The third kappa shape index (κ3) is 5.20. The van der Waals surface area contributed by atoms with Gasteiger partial charge < -0.3 is 14.8 Å². The summed E-state index contributed by atoms with van der Waals surface area (Å²) >= 11 is 0. The fourth-order valence-electron chi connectivity index (χ4n) is 2.68.